The van der Waals surface area contributed by atoms with Crippen molar-refractivity contribution in [3.05, 3.63) is 63.4 Å². The van der Waals surface area contributed by atoms with Crippen molar-refractivity contribution in [3.63, 3.8) is 0 Å². The number of carbonyl (C=O) groups is 1. The average Bonchev–Trinajstić information content (AvgIpc) is 3.26. The van der Waals surface area contributed by atoms with Crippen molar-refractivity contribution in [1.82, 2.24) is 14.6 Å². The molecule has 1 aliphatic heterocycles. The second-order valence-electron chi connectivity index (χ2n) is 8.81. The quantitative estimate of drug-likeness (QED) is 0.234. The smallest absolute Gasteiger partial charge is 0.330 e. The average molecular weight is 550 g/mol. The molecule has 2 N–H and O–H groups in total. The maximum absolute atomic E-state index is 12.8. The highest BCUT2D eigenvalue weighted by atomic mass is 32.5. The van der Waals surface area contributed by atoms with Crippen LogP contribution in [0.3, 0.4) is 0 Å². The van der Waals surface area contributed by atoms with Gasteiger partial charge in [-0.25, -0.2) is 9.88 Å². The zero-order valence-corrected chi connectivity index (χ0v) is 22.7. The summed E-state index contributed by atoms with van der Waals surface area (Å²) in [6.45, 7) is 2.15. The molecule has 5 unspecified atom stereocenters. The molecule has 5 atom stereocenters. The van der Waals surface area contributed by atoms with Crippen LogP contribution in [0.1, 0.15) is 46.3 Å². The molecule has 0 spiro atoms. The Balaban J connectivity index is 1.80. The summed E-state index contributed by atoms with van der Waals surface area (Å²) in [5, 5.41) is 3.10. The molecule has 0 aliphatic carbocycles. The summed E-state index contributed by atoms with van der Waals surface area (Å²) in [5.41, 5.74) is -1.10. The lowest BCUT2D eigenvalue weighted by Gasteiger charge is -2.29. The molecule has 2 heterocycles. The Labute approximate surface area is 220 Å². The van der Waals surface area contributed by atoms with E-state index in [1.165, 1.54) is 16.8 Å². The highest BCUT2D eigenvalue weighted by Crippen LogP contribution is 2.47. The van der Waals surface area contributed by atoms with Gasteiger partial charge >= 0.3 is 18.3 Å². The first-order chi connectivity index (χ1) is 17.6. The van der Waals surface area contributed by atoms with Crippen molar-refractivity contribution >= 4 is 24.4 Å². The van der Waals surface area contributed by atoms with E-state index in [0.717, 1.165) is 0 Å². The maximum Gasteiger partial charge on any atom is 0.330 e. The van der Waals surface area contributed by atoms with Gasteiger partial charge in [0, 0.05) is 18.7 Å². The number of nitrogens with one attached hydrogen (secondary N) is 2. The number of rotatable bonds is 12. The van der Waals surface area contributed by atoms with Gasteiger partial charge in [-0.15, -0.1) is 12.3 Å². The lowest BCUT2D eigenvalue weighted by atomic mass is 10.0. The Morgan fingerprint density at radius 1 is 1.32 bits per heavy atom. The molecule has 1 fully saturated rings. The summed E-state index contributed by atoms with van der Waals surface area (Å²) < 4.78 is 24.9. The highest BCUT2D eigenvalue weighted by molar-refractivity contribution is 8.09. The third kappa shape index (κ3) is 8.12. The number of hydrogen-bond acceptors (Lipinski definition) is 8. The van der Waals surface area contributed by atoms with Gasteiger partial charge in [0.15, 0.2) is 0 Å². The van der Waals surface area contributed by atoms with Crippen LogP contribution in [0, 0.1) is 18.3 Å². The molecule has 37 heavy (non-hydrogen) atoms. The van der Waals surface area contributed by atoms with Crippen molar-refractivity contribution in [3.8, 4) is 18.1 Å². The van der Waals surface area contributed by atoms with Crippen molar-refractivity contribution in [2.75, 3.05) is 6.61 Å². The van der Waals surface area contributed by atoms with Gasteiger partial charge in [-0.2, -0.15) is 0 Å². The van der Waals surface area contributed by atoms with Gasteiger partial charge in [0.05, 0.1) is 24.7 Å². The number of esters is 1. The van der Waals surface area contributed by atoms with Crippen LogP contribution in [0.25, 0.3) is 0 Å². The SMILES string of the molecule is C#CC1CC(n2ccc(=O)[nH]c2=O)OC1COP(=S)(NC(CCC)C(=O)OC(C)C)Oc1ccccc1. The Morgan fingerprint density at radius 2 is 2.05 bits per heavy atom. The molecule has 3 rings (SSSR count). The molecule has 0 bridgehead atoms. The number of benzene rings is 1. The zero-order chi connectivity index (χ0) is 27.0. The standard InChI is InChI=1S/C25H32N3O7PS/c1-5-10-20(24(30)33-17(3)4)27-36(37,35-19-11-8-7-9-12-19)32-16-21-18(6-2)15-23(34-21)28-14-13-22(29)26-25(28)31/h2,7-9,11-14,17-18,20-21,23H,5,10,15-16H2,1,3-4H3,(H,27,37)(H,26,29,31). The summed E-state index contributed by atoms with van der Waals surface area (Å²) in [5.74, 6) is 2.33. The first-order valence-electron chi connectivity index (χ1n) is 12.0. The van der Waals surface area contributed by atoms with Gasteiger partial charge in [0.1, 0.15) is 18.0 Å². The van der Waals surface area contributed by atoms with E-state index in [4.69, 9.17) is 36.8 Å². The number of H-pyrrole nitrogens is 1. The summed E-state index contributed by atoms with van der Waals surface area (Å²) in [6.07, 6.45) is 7.03. The summed E-state index contributed by atoms with van der Waals surface area (Å²) in [7, 11) is 0. The molecule has 0 saturated carbocycles. The first-order valence-corrected chi connectivity index (χ1v) is 14.7. The van der Waals surface area contributed by atoms with E-state index in [1.54, 1.807) is 38.1 Å². The number of carbonyl (C=O) groups excluding carboxylic acids is 1. The molecule has 0 radical (unpaired) electrons. The van der Waals surface area contributed by atoms with Gasteiger partial charge in [-0.05, 0) is 44.2 Å². The van der Waals surface area contributed by atoms with Crippen LogP contribution < -0.4 is 20.9 Å². The topological polar surface area (TPSA) is 121 Å². The normalized spacial score (nSPS) is 21.6. The monoisotopic (exact) mass is 549 g/mol. The predicted octanol–water partition coefficient (Wildman–Crippen LogP) is 3.10. The fraction of sp³-hybridized carbons (Fsp3) is 0.480. The number of nitrogens with zero attached hydrogens (tertiary/aromatic N) is 1. The Hall–Kier alpha value is -2.74. The largest absolute Gasteiger partial charge is 0.462 e. The summed E-state index contributed by atoms with van der Waals surface area (Å²) in [6, 6.07) is 9.42. The van der Waals surface area contributed by atoms with Gasteiger partial charge in [0.25, 0.3) is 5.56 Å². The zero-order valence-electron chi connectivity index (χ0n) is 21.0. The van der Waals surface area contributed by atoms with Gasteiger partial charge in [-0.1, -0.05) is 31.5 Å². The number of ether oxygens (including phenoxy) is 2. The van der Waals surface area contributed by atoms with E-state index in [0.29, 0.717) is 25.0 Å². The molecule has 1 aromatic carbocycles. The minimum atomic E-state index is -3.30. The lowest BCUT2D eigenvalue weighted by Crippen LogP contribution is -2.39. The molecular formula is C25H32N3O7PS. The second kappa shape index (κ2) is 13.2. The molecule has 12 heteroatoms. The molecule has 0 amide bonds. The van der Waals surface area contributed by atoms with E-state index in [-0.39, 0.29) is 18.6 Å². The van der Waals surface area contributed by atoms with Crippen LogP contribution in [0.15, 0.2) is 52.2 Å². The van der Waals surface area contributed by atoms with Crippen LogP contribution >= 0.6 is 6.64 Å². The number of aromatic amines is 1. The fourth-order valence-corrected chi connectivity index (χ4v) is 6.16. The Bertz CT molecular complexity index is 1260. The Morgan fingerprint density at radius 3 is 2.68 bits per heavy atom. The van der Waals surface area contributed by atoms with E-state index in [1.807, 2.05) is 13.0 Å². The van der Waals surface area contributed by atoms with Crippen LogP contribution in [0.4, 0.5) is 0 Å². The van der Waals surface area contributed by atoms with Crippen molar-refractivity contribution in [2.24, 2.45) is 5.92 Å². The minimum Gasteiger partial charge on any atom is -0.462 e. The van der Waals surface area contributed by atoms with Gasteiger partial charge in [0.2, 0.25) is 0 Å². The molecule has 200 valence electrons. The minimum absolute atomic E-state index is 0.0430. The Kier molecular flexibility index (Phi) is 10.3. The fourth-order valence-electron chi connectivity index (χ4n) is 3.80. The van der Waals surface area contributed by atoms with Gasteiger partial charge < -0.3 is 18.5 Å². The summed E-state index contributed by atoms with van der Waals surface area (Å²) in [4.78, 5) is 38.6. The number of terminal acetylenes is 1. The third-order valence-electron chi connectivity index (χ3n) is 5.52. The molecule has 1 aliphatic rings. The van der Waals surface area contributed by atoms with E-state index < -0.39 is 42.2 Å². The molecule has 2 aromatic rings. The second-order valence-corrected chi connectivity index (χ2v) is 11.9. The van der Waals surface area contributed by atoms with Crippen LogP contribution in [-0.2, 0) is 30.6 Å². The van der Waals surface area contributed by atoms with E-state index >= 15 is 0 Å². The predicted molar refractivity (Wildman–Crippen MR) is 143 cm³/mol. The van der Waals surface area contributed by atoms with Crippen LogP contribution in [0.5, 0.6) is 5.75 Å². The number of hydrogen-bond donors (Lipinski definition) is 2. The lowest BCUT2D eigenvalue weighted by molar-refractivity contribution is -0.149. The van der Waals surface area contributed by atoms with Crippen molar-refractivity contribution in [2.45, 2.75) is 64.5 Å². The first kappa shape index (κ1) is 28.8. The van der Waals surface area contributed by atoms with Crippen LogP contribution in [-0.4, -0.2) is 40.4 Å². The molecule has 1 aromatic heterocycles. The maximum atomic E-state index is 12.8. The highest BCUT2D eigenvalue weighted by Gasteiger charge is 2.38. The number of para-hydroxylation sites is 1. The molecule has 10 nitrogen and oxygen atoms in total. The van der Waals surface area contributed by atoms with E-state index in [9.17, 15) is 14.4 Å². The molecule has 1 saturated heterocycles. The summed E-state index contributed by atoms with van der Waals surface area (Å²) >= 11 is 5.82. The number of aromatic nitrogens is 2. The van der Waals surface area contributed by atoms with E-state index in [2.05, 4.69) is 16.0 Å². The third-order valence-corrected chi connectivity index (χ3v) is 7.94. The van der Waals surface area contributed by atoms with Crippen molar-refractivity contribution in [1.29, 1.82) is 0 Å². The van der Waals surface area contributed by atoms with Crippen molar-refractivity contribution < 1.29 is 23.3 Å². The molecular weight excluding hydrogens is 517 g/mol. The van der Waals surface area contributed by atoms with Crippen LogP contribution in [0.2, 0.25) is 0 Å². The van der Waals surface area contributed by atoms with Gasteiger partial charge in [-0.3, -0.25) is 19.1 Å².